The number of hydrogen-bond acceptors (Lipinski definition) is 7. The SMILES string of the molecule is Cc1nnnn1-c1cc(NC(=O)/C=C/c2ccc(S(=O)(=O)NCc3ccco3)cc2)ccc1F. The molecule has 10 nitrogen and oxygen atoms in total. The number of nitrogens with one attached hydrogen (secondary N) is 2. The van der Waals surface area contributed by atoms with E-state index in [0.29, 0.717) is 22.8 Å². The fraction of sp³-hybridized carbons (Fsp3) is 0.0909. The fourth-order valence-corrected chi connectivity index (χ4v) is 3.98. The van der Waals surface area contributed by atoms with Gasteiger partial charge in [0.15, 0.2) is 5.82 Å². The molecule has 0 aliphatic rings. The van der Waals surface area contributed by atoms with E-state index >= 15 is 0 Å². The molecule has 4 aromatic rings. The van der Waals surface area contributed by atoms with E-state index in [9.17, 15) is 17.6 Å². The second-order valence-corrected chi connectivity index (χ2v) is 8.87. The maximum atomic E-state index is 14.2. The summed E-state index contributed by atoms with van der Waals surface area (Å²) in [6.45, 7) is 1.66. The highest BCUT2D eigenvalue weighted by atomic mass is 32.2. The molecule has 0 saturated heterocycles. The monoisotopic (exact) mass is 482 g/mol. The molecule has 0 spiro atoms. The van der Waals surface area contributed by atoms with Gasteiger partial charge in [0.2, 0.25) is 15.9 Å². The topological polar surface area (TPSA) is 132 Å². The van der Waals surface area contributed by atoms with E-state index in [0.717, 1.165) is 0 Å². The number of nitrogens with zero attached hydrogens (tertiary/aromatic N) is 4. The number of tetrazole rings is 1. The highest BCUT2D eigenvalue weighted by Gasteiger charge is 2.14. The quantitative estimate of drug-likeness (QED) is 0.369. The number of anilines is 1. The lowest BCUT2D eigenvalue weighted by Crippen LogP contribution is -2.22. The molecule has 34 heavy (non-hydrogen) atoms. The average Bonchev–Trinajstić information content (AvgIpc) is 3.50. The third-order valence-electron chi connectivity index (χ3n) is 4.70. The summed E-state index contributed by atoms with van der Waals surface area (Å²) in [6, 6.07) is 13.4. The van der Waals surface area contributed by atoms with E-state index in [4.69, 9.17) is 4.42 Å². The molecule has 2 N–H and O–H groups in total. The maximum absolute atomic E-state index is 14.2. The van der Waals surface area contributed by atoms with Crippen molar-refractivity contribution in [3.63, 3.8) is 0 Å². The van der Waals surface area contributed by atoms with Crippen LogP contribution < -0.4 is 10.0 Å². The van der Waals surface area contributed by atoms with Gasteiger partial charge in [-0.25, -0.2) is 17.5 Å². The molecule has 0 unspecified atom stereocenters. The van der Waals surface area contributed by atoms with Crippen molar-refractivity contribution in [1.29, 1.82) is 0 Å². The van der Waals surface area contributed by atoms with E-state index in [-0.39, 0.29) is 17.1 Å². The summed E-state index contributed by atoms with van der Waals surface area (Å²) in [5, 5.41) is 13.6. The first-order chi connectivity index (χ1) is 16.3. The molecule has 0 bridgehead atoms. The van der Waals surface area contributed by atoms with Gasteiger partial charge in [0.25, 0.3) is 0 Å². The predicted molar refractivity (Wildman–Crippen MR) is 121 cm³/mol. The van der Waals surface area contributed by atoms with Crippen LogP contribution in [-0.2, 0) is 21.4 Å². The number of carbonyl (C=O) groups is 1. The number of amides is 1. The minimum Gasteiger partial charge on any atom is -0.468 e. The van der Waals surface area contributed by atoms with Crippen LogP contribution in [0.15, 0.2) is 76.2 Å². The summed E-state index contributed by atoms with van der Waals surface area (Å²) in [5.41, 5.74) is 1.07. The maximum Gasteiger partial charge on any atom is 0.248 e. The number of benzene rings is 2. The molecule has 0 atom stereocenters. The zero-order valence-corrected chi connectivity index (χ0v) is 18.7. The molecule has 0 radical (unpaired) electrons. The second kappa shape index (κ2) is 9.77. The molecule has 12 heteroatoms. The van der Waals surface area contributed by atoms with Gasteiger partial charge in [0.05, 0.1) is 17.7 Å². The standard InChI is InChI=1S/C22H19FN6O4S/c1-15-26-27-28-29(15)21-13-17(7-10-20(21)23)25-22(30)11-6-16-4-8-19(9-5-16)34(31,32)24-14-18-3-2-12-33-18/h2-13,24H,14H2,1H3,(H,25,30)/b11-6+. The molecule has 0 aliphatic heterocycles. The van der Waals surface area contributed by atoms with Crippen molar-refractivity contribution in [3.8, 4) is 5.69 Å². The van der Waals surface area contributed by atoms with Gasteiger partial charge in [-0.05, 0) is 71.5 Å². The highest BCUT2D eigenvalue weighted by molar-refractivity contribution is 7.89. The summed E-state index contributed by atoms with van der Waals surface area (Å²) >= 11 is 0. The molecule has 0 aliphatic carbocycles. The molecule has 0 fully saturated rings. The van der Waals surface area contributed by atoms with E-state index in [1.165, 1.54) is 53.4 Å². The Balaban J connectivity index is 1.39. The smallest absolute Gasteiger partial charge is 0.248 e. The zero-order valence-electron chi connectivity index (χ0n) is 17.8. The Labute approximate surface area is 194 Å². The lowest BCUT2D eigenvalue weighted by atomic mass is 10.2. The van der Waals surface area contributed by atoms with E-state index in [1.54, 1.807) is 31.2 Å². The first kappa shape index (κ1) is 23.0. The summed E-state index contributed by atoms with van der Waals surface area (Å²) in [4.78, 5) is 12.4. The molecule has 4 rings (SSSR count). The second-order valence-electron chi connectivity index (χ2n) is 7.10. The summed E-state index contributed by atoms with van der Waals surface area (Å²) in [6.07, 6.45) is 4.27. The van der Waals surface area contributed by atoms with Gasteiger partial charge in [-0.15, -0.1) is 5.10 Å². The van der Waals surface area contributed by atoms with Crippen molar-refractivity contribution in [1.82, 2.24) is 24.9 Å². The minimum absolute atomic E-state index is 0.0370. The summed E-state index contributed by atoms with van der Waals surface area (Å²) < 4.78 is 47.7. The van der Waals surface area contributed by atoms with Crippen molar-refractivity contribution in [2.24, 2.45) is 0 Å². The summed E-state index contributed by atoms with van der Waals surface area (Å²) in [7, 11) is -3.71. The lowest BCUT2D eigenvalue weighted by Gasteiger charge is -2.07. The van der Waals surface area contributed by atoms with Crippen LogP contribution in [0, 0.1) is 12.7 Å². The number of hydrogen-bond donors (Lipinski definition) is 2. The van der Waals surface area contributed by atoms with Gasteiger partial charge in [-0.3, -0.25) is 4.79 Å². The molecular weight excluding hydrogens is 463 g/mol. The Hall–Kier alpha value is -4.16. The minimum atomic E-state index is -3.71. The van der Waals surface area contributed by atoms with Crippen LogP contribution in [0.2, 0.25) is 0 Å². The van der Waals surface area contributed by atoms with Gasteiger partial charge in [-0.2, -0.15) is 4.68 Å². The van der Waals surface area contributed by atoms with E-state index in [2.05, 4.69) is 25.6 Å². The van der Waals surface area contributed by atoms with Crippen molar-refractivity contribution in [3.05, 3.63) is 89.9 Å². The van der Waals surface area contributed by atoms with Crippen molar-refractivity contribution in [2.75, 3.05) is 5.32 Å². The Morgan fingerprint density at radius 2 is 1.97 bits per heavy atom. The Bertz CT molecular complexity index is 1430. The molecule has 2 aromatic heterocycles. The van der Waals surface area contributed by atoms with Gasteiger partial charge in [-0.1, -0.05) is 12.1 Å². The number of furan rings is 1. The van der Waals surface area contributed by atoms with E-state index < -0.39 is 21.7 Å². The van der Waals surface area contributed by atoms with Crippen molar-refractivity contribution < 1.29 is 22.0 Å². The highest BCUT2D eigenvalue weighted by Crippen LogP contribution is 2.19. The number of carbonyl (C=O) groups excluding carboxylic acids is 1. The largest absolute Gasteiger partial charge is 0.468 e. The number of rotatable bonds is 8. The van der Waals surface area contributed by atoms with Crippen LogP contribution >= 0.6 is 0 Å². The Morgan fingerprint density at radius 3 is 2.65 bits per heavy atom. The van der Waals surface area contributed by atoms with Crippen LogP contribution in [0.4, 0.5) is 10.1 Å². The molecule has 0 saturated carbocycles. The van der Waals surface area contributed by atoms with Crippen LogP contribution in [0.25, 0.3) is 11.8 Å². The average molecular weight is 482 g/mol. The molecular formula is C22H19FN6O4S. The number of halogens is 1. The lowest BCUT2D eigenvalue weighted by molar-refractivity contribution is -0.111. The van der Waals surface area contributed by atoms with Crippen LogP contribution in [0.3, 0.4) is 0 Å². The van der Waals surface area contributed by atoms with Gasteiger partial charge < -0.3 is 9.73 Å². The summed E-state index contributed by atoms with van der Waals surface area (Å²) in [5.74, 6) is -0.111. The number of aryl methyl sites for hydroxylation is 1. The number of sulfonamides is 1. The predicted octanol–water partition coefficient (Wildman–Crippen LogP) is 2.83. The molecule has 2 heterocycles. The van der Waals surface area contributed by atoms with Crippen LogP contribution in [0.1, 0.15) is 17.1 Å². The van der Waals surface area contributed by atoms with Crippen molar-refractivity contribution in [2.45, 2.75) is 18.4 Å². The van der Waals surface area contributed by atoms with Gasteiger partial charge in [0.1, 0.15) is 17.3 Å². The fourth-order valence-electron chi connectivity index (χ4n) is 2.98. The molecule has 174 valence electrons. The number of aromatic nitrogens is 4. The normalized spacial score (nSPS) is 11.7. The Kier molecular flexibility index (Phi) is 6.61. The van der Waals surface area contributed by atoms with Crippen LogP contribution in [0.5, 0.6) is 0 Å². The molecule has 2 aromatic carbocycles. The van der Waals surface area contributed by atoms with Gasteiger partial charge >= 0.3 is 0 Å². The third kappa shape index (κ3) is 5.42. The zero-order chi connectivity index (χ0) is 24.1. The van der Waals surface area contributed by atoms with Gasteiger partial charge in [0, 0.05) is 11.8 Å². The third-order valence-corrected chi connectivity index (χ3v) is 6.12. The van der Waals surface area contributed by atoms with Crippen molar-refractivity contribution >= 4 is 27.7 Å². The first-order valence-electron chi connectivity index (χ1n) is 9.98. The molecule has 1 amide bonds. The van der Waals surface area contributed by atoms with Crippen LogP contribution in [-0.4, -0.2) is 34.5 Å². The Morgan fingerprint density at radius 1 is 1.18 bits per heavy atom. The van der Waals surface area contributed by atoms with E-state index in [1.807, 2.05) is 0 Å². The first-order valence-corrected chi connectivity index (χ1v) is 11.5.